The zero-order valence-electron chi connectivity index (χ0n) is 16.4. The molecule has 0 aliphatic rings. The van der Waals surface area contributed by atoms with Crippen molar-refractivity contribution in [2.75, 3.05) is 20.6 Å². The smallest absolute Gasteiger partial charge is 0.242 e. The van der Waals surface area contributed by atoms with Crippen LogP contribution in [0.25, 0.3) is 22.2 Å². The lowest BCUT2D eigenvalue weighted by molar-refractivity contribution is 0.521. The highest BCUT2D eigenvalue weighted by Gasteiger charge is 2.22. The molecule has 0 atom stereocenters. The fourth-order valence-corrected chi connectivity index (χ4v) is 4.18. The summed E-state index contributed by atoms with van der Waals surface area (Å²) in [4.78, 5) is 4.32. The fraction of sp³-hybridized carbons (Fsp3) is 0.250. The number of nitrogens with zero attached hydrogens (tertiary/aromatic N) is 3. The Labute approximate surface area is 168 Å². The Morgan fingerprint density at radius 2 is 2.03 bits per heavy atom. The van der Waals surface area contributed by atoms with Crippen molar-refractivity contribution >= 4 is 21.1 Å². The summed E-state index contributed by atoms with van der Waals surface area (Å²) in [7, 11) is -0.728. The number of rotatable bonds is 6. The van der Waals surface area contributed by atoms with Gasteiger partial charge in [-0.05, 0) is 30.7 Å². The van der Waals surface area contributed by atoms with Crippen molar-refractivity contribution in [1.29, 1.82) is 0 Å². The van der Waals surface area contributed by atoms with E-state index in [4.69, 9.17) is 5.73 Å². The molecule has 0 aliphatic carbocycles. The molecule has 0 radical (unpaired) electrons. The fourth-order valence-electron chi connectivity index (χ4n) is 3.23. The highest BCUT2D eigenvalue weighted by atomic mass is 32.2. The lowest BCUT2D eigenvalue weighted by Crippen LogP contribution is -2.22. The molecule has 6 nitrogen and oxygen atoms in total. The first-order valence-electron chi connectivity index (χ1n) is 8.88. The van der Waals surface area contributed by atoms with Crippen molar-refractivity contribution in [2.24, 2.45) is 5.73 Å². The quantitative estimate of drug-likeness (QED) is 0.664. The Kier molecular flexibility index (Phi) is 5.83. The molecule has 29 heavy (non-hydrogen) atoms. The molecule has 154 valence electrons. The molecule has 0 saturated carbocycles. The van der Waals surface area contributed by atoms with E-state index in [1.54, 1.807) is 29.7 Å². The first-order chi connectivity index (χ1) is 13.7. The van der Waals surface area contributed by atoms with Crippen LogP contribution in [0.2, 0.25) is 0 Å². The van der Waals surface area contributed by atoms with Gasteiger partial charge in [-0.3, -0.25) is 4.98 Å². The number of hydrogen-bond acceptors (Lipinski definition) is 4. The van der Waals surface area contributed by atoms with Crippen molar-refractivity contribution < 1.29 is 17.2 Å². The maximum atomic E-state index is 14.2. The second-order valence-corrected chi connectivity index (χ2v) is 8.92. The summed E-state index contributed by atoms with van der Waals surface area (Å²) in [5.41, 5.74) is 8.11. The van der Waals surface area contributed by atoms with Crippen LogP contribution in [-0.4, -0.2) is 42.9 Å². The van der Waals surface area contributed by atoms with Gasteiger partial charge >= 0.3 is 0 Å². The summed E-state index contributed by atoms with van der Waals surface area (Å²) in [5.74, 6) is -0.998. The Morgan fingerprint density at radius 1 is 1.31 bits per heavy atom. The Bertz CT molecular complexity index is 1200. The predicted molar refractivity (Wildman–Crippen MR) is 109 cm³/mol. The molecular formula is C20H22F2N4O2S. The van der Waals surface area contributed by atoms with Crippen LogP contribution in [-0.2, 0) is 16.6 Å². The van der Waals surface area contributed by atoms with E-state index in [1.807, 2.05) is 0 Å². The first kappa shape index (κ1) is 21.1. The van der Waals surface area contributed by atoms with Gasteiger partial charge in [0.05, 0.1) is 28.7 Å². The largest absolute Gasteiger partial charge is 0.336 e. The molecule has 0 bridgehead atoms. The van der Waals surface area contributed by atoms with Crippen LogP contribution in [0.5, 0.6) is 0 Å². The molecule has 0 unspecified atom stereocenters. The summed E-state index contributed by atoms with van der Waals surface area (Å²) in [6, 6.07) is 7.71. The number of nitrogens with two attached hydrogens (primary N) is 1. The van der Waals surface area contributed by atoms with Gasteiger partial charge in [0.1, 0.15) is 11.6 Å². The van der Waals surface area contributed by atoms with E-state index in [0.29, 0.717) is 27.9 Å². The second-order valence-electron chi connectivity index (χ2n) is 6.77. The van der Waals surface area contributed by atoms with E-state index < -0.39 is 21.7 Å². The summed E-state index contributed by atoms with van der Waals surface area (Å²) < 4.78 is 55.8. The number of aromatic nitrogens is 2. The zero-order valence-corrected chi connectivity index (χ0v) is 17.2. The highest BCUT2D eigenvalue weighted by molar-refractivity contribution is 7.89. The molecule has 2 aromatic heterocycles. The van der Waals surface area contributed by atoms with Crippen LogP contribution < -0.4 is 5.73 Å². The van der Waals surface area contributed by atoms with E-state index >= 15 is 0 Å². The van der Waals surface area contributed by atoms with Gasteiger partial charge in [0, 0.05) is 38.0 Å². The first-order valence-corrected chi connectivity index (χ1v) is 10.3. The molecule has 0 fully saturated rings. The van der Waals surface area contributed by atoms with Gasteiger partial charge in [-0.25, -0.2) is 21.5 Å². The van der Waals surface area contributed by atoms with Gasteiger partial charge in [-0.2, -0.15) is 0 Å². The molecule has 0 spiro atoms. The van der Waals surface area contributed by atoms with Crippen molar-refractivity contribution in [1.82, 2.24) is 13.9 Å². The van der Waals surface area contributed by atoms with Gasteiger partial charge in [-0.15, -0.1) is 0 Å². The Morgan fingerprint density at radius 3 is 2.69 bits per heavy atom. The molecule has 0 saturated heterocycles. The van der Waals surface area contributed by atoms with Gasteiger partial charge in [0.2, 0.25) is 10.0 Å². The third kappa shape index (κ3) is 3.93. The van der Waals surface area contributed by atoms with Gasteiger partial charge < -0.3 is 10.3 Å². The standard InChI is InChI=1S/C20H22F2N4O2S/c1-13-19(14-5-4-6-17(9-14)29(27,28)25(2)3)20-18(10-16(22)11-24-20)26(13)12-15(21)7-8-23/h4-7,9-11H,8,12,23H2,1-3H3. The highest BCUT2D eigenvalue weighted by Crippen LogP contribution is 2.35. The van der Waals surface area contributed by atoms with Gasteiger partial charge in [-0.1, -0.05) is 12.1 Å². The Balaban J connectivity index is 2.26. The predicted octanol–water partition coefficient (Wildman–Crippen LogP) is 3.21. The number of sulfonamides is 1. The third-order valence-electron chi connectivity index (χ3n) is 4.68. The minimum atomic E-state index is -3.64. The molecule has 0 aliphatic heterocycles. The van der Waals surface area contributed by atoms with Crippen LogP contribution >= 0.6 is 0 Å². The third-order valence-corrected chi connectivity index (χ3v) is 6.49. The molecule has 2 heterocycles. The van der Waals surface area contributed by atoms with Crippen LogP contribution in [0.4, 0.5) is 8.78 Å². The summed E-state index contributed by atoms with van der Waals surface area (Å²) >= 11 is 0. The van der Waals surface area contributed by atoms with Gasteiger partial charge in [0.25, 0.3) is 0 Å². The molecular weight excluding hydrogens is 398 g/mol. The Hall–Kier alpha value is -2.62. The maximum Gasteiger partial charge on any atom is 0.242 e. The monoisotopic (exact) mass is 420 g/mol. The normalized spacial score (nSPS) is 12.9. The summed E-state index contributed by atoms with van der Waals surface area (Å²) in [6.07, 6.45) is 2.34. The number of allylic oxidation sites excluding steroid dienone is 1. The van der Waals surface area contributed by atoms with Crippen LogP contribution in [0.1, 0.15) is 5.69 Å². The molecule has 2 N–H and O–H groups in total. The lowest BCUT2D eigenvalue weighted by atomic mass is 10.1. The van der Waals surface area contributed by atoms with Crippen molar-refractivity contribution in [2.45, 2.75) is 18.4 Å². The molecule has 3 rings (SSSR count). The molecule has 1 aromatic carbocycles. The summed E-state index contributed by atoms with van der Waals surface area (Å²) in [6.45, 7) is 1.69. The van der Waals surface area contributed by atoms with Crippen molar-refractivity contribution in [3.8, 4) is 11.1 Å². The number of pyridine rings is 1. The number of benzene rings is 1. The SMILES string of the molecule is Cc1c(-c2cccc(S(=O)(=O)N(C)C)c2)c2ncc(F)cc2n1CC(F)=CCN. The number of hydrogen-bond donors (Lipinski definition) is 1. The molecule has 3 aromatic rings. The topological polar surface area (TPSA) is 81.2 Å². The average Bonchev–Trinajstić information content (AvgIpc) is 2.93. The van der Waals surface area contributed by atoms with Crippen molar-refractivity contribution in [3.05, 3.63) is 59.9 Å². The van der Waals surface area contributed by atoms with Crippen LogP contribution in [0, 0.1) is 12.7 Å². The molecule has 9 heteroatoms. The lowest BCUT2D eigenvalue weighted by Gasteiger charge is -2.12. The van der Waals surface area contributed by atoms with E-state index in [2.05, 4.69) is 4.98 Å². The number of fused-ring (bicyclic) bond motifs is 1. The van der Waals surface area contributed by atoms with Crippen molar-refractivity contribution in [3.63, 3.8) is 0 Å². The second kappa shape index (κ2) is 8.02. The van der Waals surface area contributed by atoms with E-state index in [-0.39, 0.29) is 18.0 Å². The minimum Gasteiger partial charge on any atom is -0.336 e. The van der Waals surface area contributed by atoms with E-state index in [1.165, 1.54) is 32.3 Å². The molecule has 0 amide bonds. The van der Waals surface area contributed by atoms with E-state index in [9.17, 15) is 17.2 Å². The van der Waals surface area contributed by atoms with E-state index in [0.717, 1.165) is 10.5 Å². The van der Waals surface area contributed by atoms with Gasteiger partial charge in [0.15, 0.2) is 0 Å². The van der Waals surface area contributed by atoms with Crippen LogP contribution in [0.15, 0.2) is 53.3 Å². The zero-order chi connectivity index (χ0) is 21.3. The number of halogens is 2. The maximum absolute atomic E-state index is 14.2. The minimum absolute atomic E-state index is 0.0496. The average molecular weight is 420 g/mol. The van der Waals surface area contributed by atoms with Crippen LogP contribution in [0.3, 0.4) is 0 Å². The summed E-state index contributed by atoms with van der Waals surface area (Å²) in [5, 5.41) is 0.